The molecule has 5 aromatic rings. The van der Waals surface area contributed by atoms with Gasteiger partial charge in [0.1, 0.15) is 23.4 Å². The van der Waals surface area contributed by atoms with Crippen LogP contribution >= 0.6 is 0 Å². The number of aryl methyl sites for hydroxylation is 1. The van der Waals surface area contributed by atoms with Gasteiger partial charge in [0.05, 0.1) is 45.7 Å². The van der Waals surface area contributed by atoms with E-state index in [1.807, 2.05) is 15.8 Å². The number of rotatable bonds is 10. The first kappa shape index (κ1) is 39.7. The van der Waals surface area contributed by atoms with Crippen LogP contribution in [-0.2, 0) is 31.5 Å². The molecule has 316 valence electrons. The number of nitrogens with one attached hydrogen (secondary N) is 3. The Morgan fingerprint density at radius 3 is 2.48 bits per heavy atom. The second kappa shape index (κ2) is 15.1. The standard InChI is InChI=1S/C41H42FN11O7S/c1-3-61(59,60)49-29-8-7-21(17-28(29)42)35-34-36(50(2)48-35)27(19-44-37(34)43)23-18-45-52(20-23)25-11-13-51(14-12-25)39(56)22-15-24(16-22)46-30-6-4-5-26-33(30)41(58)53(40(26)57)31-9-10-32(54)47-38(31)55/h4-8,17-20,22,24-25,31,46,49H,3,9-16H2,1-2H3,(H2,43,44)(H,47,54,55)/t22-,24-,31?. The van der Waals surface area contributed by atoms with Crippen LogP contribution in [0.1, 0.15) is 72.2 Å². The number of likely N-dealkylation sites (tertiary alicyclic amines) is 1. The minimum atomic E-state index is -3.68. The van der Waals surface area contributed by atoms with Gasteiger partial charge in [0.25, 0.3) is 11.8 Å². The third kappa shape index (κ3) is 7.03. The minimum absolute atomic E-state index is 0.0371. The van der Waals surface area contributed by atoms with Gasteiger partial charge in [-0.15, -0.1) is 0 Å². The number of anilines is 3. The van der Waals surface area contributed by atoms with Gasteiger partial charge in [-0.25, -0.2) is 17.8 Å². The first-order valence-electron chi connectivity index (χ1n) is 20.1. The van der Waals surface area contributed by atoms with E-state index in [1.54, 1.807) is 48.4 Å². The summed E-state index contributed by atoms with van der Waals surface area (Å²) >= 11 is 0. The number of sulfonamides is 1. The number of fused-ring (bicyclic) bond motifs is 2. The Morgan fingerprint density at radius 2 is 1.75 bits per heavy atom. The SMILES string of the molecule is CCS(=O)(=O)Nc1ccc(-c2nn(C)c3c(-c4cnn(C5CCN(C(=O)[C@H]6C[C@H](Nc7cccc8c7C(=O)N(C7CCC(=O)NC7=O)C8=O)C6)CC5)c4)cnc(N)c23)cc1F. The highest BCUT2D eigenvalue weighted by Crippen LogP contribution is 2.40. The molecule has 5 N–H and O–H groups in total. The third-order valence-corrected chi connectivity index (χ3v) is 13.4. The monoisotopic (exact) mass is 851 g/mol. The van der Waals surface area contributed by atoms with E-state index in [0.29, 0.717) is 72.2 Å². The van der Waals surface area contributed by atoms with Crippen LogP contribution in [0.4, 0.5) is 21.6 Å². The van der Waals surface area contributed by atoms with Crippen LogP contribution in [0.2, 0.25) is 0 Å². The van der Waals surface area contributed by atoms with Crippen molar-refractivity contribution in [1.82, 2.24) is 39.7 Å². The van der Waals surface area contributed by atoms with Gasteiger partial charge >= 0.3 is 0 Å². The van der Waals surface area contributed by atoms with Crippen molar-refractivity contribution in [2.24, 2.45) is 13.0 Å². The van der Waals surface area contributed by atoms with Crippen molar-refractivity contribution in [2.75, 3.05) is 34.6 Å². The lowest BCUT2D eigenvalue weighted by Crippen LogP contribution is -2.54. The summed E-state index contributed by atoms with van der Waals surface area (Å²) in [6.07, 6.45) is 7.93. The van der Waals surface area contributed by atoms with Crippen molar-refractivity contribution in [2.45, 2.75) is 63.6 Å². The summed E-state index contributed by atoms with van der Waals surface area (Å²) in [6, 6.07) is 7.97. The number of halogens is 1. The molecule has 5 amide bonds. The number of nitrogens with two attached hydrogens (primary N) is 1. The smallest absolute Gasteiger partial charge is 0.264 e. The Labute approximate surface area is 348 Å². The number of hydrogen-bond acceptors (Lipinski definition) is 12. The van der Waals surface area contributed by atoms with E-state index < -0.39 is 45.5 Å². The fraction of sp³-hybridized carbons (Fsp3) is 0.366. The van der Waals surface area contributed by atoms with Crippen LogP contribution in [0.5, 0.6) is 0 Å². The van der Waals surface area contributed by atoms with E-state index in [9.17, 15) is 32.4 Å². The topological polar surface area (TPSA) is 237 Å². The number of nitrogen functional groups attached to an aromatic ring is 1. The Bertz CT molecular complexity index is 2790. The highest BCUT2D eigenvalue weighted by Gasteiger charge is 2.46. The molecule has 1 aliphatic carbocycles. The average molecular weight is 852 g/mol. The number of amides is 5. The van der Waals surface area contributed by atoms with Crippen LogP contribution in [0.3, 0.4) is 0 Å². The quantitative estimate of drug-likeness (QED) is 0.148. The zero-order valence-electron chi connectivity index (χ0n) is 33.2. The summed E-state index contributed by atoms with van der Waals surface area (Å²) in [5, 5.41) is 15.4. The predicted molar refractivity (Wildman–Crippen MR) is 221 cm³/mol. The molecule has 1 saturated carbocycles. The Morgan fingerprint density at radius 1 is 0.984 bits per heavy atom. The van der Waals surface area contributed by atoms with Gasteiger partial charge in [-0.2, -0.15) is 10.2 Å². The van der Waals surface area contributed by atoms with E-state index in [4.69, 9.17) is 5.73 Å². The predicted octanol–water partition coefficient (Wildman–Crippen LogP) is 3.44. The lowest BCUT2D eigenvalue weighted by atomic mass is 9.78. The van der Waals surface area contributed by atoms with Gasteiger partial charge in [0.15, 0.2) is 0 Å². The van der Waals surface area contributed by atoms with Crippen molar-refractivity contribution >= 4 is 67.7 Å². The second-order valence-electron chi connectivity index (χ2n) is 15.9. The Hall–Kier alpha value is -6.70. The minimum Gasteiger partial charge on any atom is -0.383 e. The molecule has 61 heavy (non-hydrogen) atoms. The summed E-state index contributed by atoms with van der Waals surface area (Å²) in [4.78, 5) is 71.8. The van der Waals surface area contributed by atoms with Crippen molar-refractivity contribution in [3.63, 3.8) is 0 Å². The van der Waals surface area contributed by atoms with Crippen LogP contribution < -0.4 is 21.1 Å². The number of carbonyl (C=O) groups is 5. The number of aromatic nitrogens is 5. The summed E-state index contributed by atoms with van der Waals surface area (Å²) in [7, 11) is -1.93. The van der Waals surface area contributed by atoms with Gasteiger partial charge in [0.2, 0.25) is 27.7 Å². The first-order chi connectivity index (χ1) is 29.2. The van der Waals surface area contributed by atoms with E-state index in [1.165, 1.54) is 19.1 Å². The van der Waals surface area contributed by atoms with E-state index in [2.05, 4.69) is 30.5 Å². The largest absolute Gasteiger partial charge is 0.383 e. The molecule has 1 unspecified atom stereocenters. The molecule has 0 radical (unpaired) electrons. The number of carbonyl (C=O) groups excluding carboxylic acids is 5. The summed E-state index contributed by atoms with van der Waals surface area (Å²) in [6.45, 7) is 2.57. The fourth-order valence-electron chi connectivity index (χ4n) is 8.81. The summed E-state index contributed by atoms with van der Waals surface area (Å²) in [5.74, 6) is -3.13. The molecule has 4 aliphatic rings. The maximum atomic E-state index is 15.1. The Balaban J connectivity index is 0.825. The number of imide groups is 2. The highest BCUT2D eigenvalue weighted by atomic mass is 32.2. The number of pyridine rings is 1. The fourth-order valence-corrected chi connectivity index (χ4v) is 9.46. The number of piperidine rings is 2. The number of hydrogen-bond donors (Lipinski definition) is 4. The van der Waals surface area contributed by atoms with Crippen molar-refractivity contribution < 1.29 is 36.8 Å². The van der Waals surface area contributed by atoms with Crippen molar-refractivity contribution in [3.8, 4) is 22.4 Å². The molecule has 6 heterocycles. The lowest BCUT2D eigenvalue weighted by Gasteiger charge is -2.40. The van der Waals surface area contributed by atoms with Gasteiger partial charge in [-0.05, 0) is 63.3 Å². The maximum Gasteiger partial charge on any atom is 0.264 e. The normalized spacial score (nSPS) is 20.8. The maximum absolute atomic E-state index is 15.1. The molecule has 20 heteroatoms. The Kier molecular flexibility index (Phi) is 9.83. The average Bonchev–Trinajstić information content (AvgIpc) is 3.92. The lowest BCUT2D eigenvalue weighted by molar-refractivity contribution is -0.140. The van der Waals surface area contributed by atoms with Gasteiger partial charge < -0.3 is 16.0 Å². The number of nitrogens with zero attached hydrogens (tertiary/aromatic N) is 7. The zero-order chi connectivity index (χ0) is 42.9. The van der Waals surface area contributed by atoms with E-state index in [0.717, 1.165) is 10.5 Å². The molecule has 1 atom stereocenters. The highest BCUT2D eigenvalue weighted by molar-refractivity contribution is 7.92. The van der Waals surface area contributed by atoms with Gasteiger partial charge in [-0.3, -0.25) is 48.3 Å². The van der Waals surface area contributed by atoms with Crippen LogP contribution in [-0.4, -0.2) is 103 Å². The molecule has 2 aromatic carbocycles. The zero-order valence-corrected chi connectivity index (χ0v) is 34.0. The molecule has 0 bridgehead atoms. The molecule has 9 rings (SSSR count). The molecular formula is C41H42FN11O7S. The van der Waals surface area contributed by atoms with Crippen LogP contribution in [0, 0.1) is 11.7 Å². The van der Waals surface area contributed by atoms with Gasteiger partial charge in [-0.1, -0.05) is 12.1 Å². The summed E-state index contributed by atoms with van der Waals surface area (Å²) < 4.78 is 45.0. The van der Waals surface area contributed by atoms with Crippen LogP contribution in [0.15, 0.2) is 55.0 Å². The first-order valence-corrected chi connectivity index (χ1v) is 21.7. The van der Waals surface area contributed by atoms with Crippen LogP contribution in [0.25, 0.3) is 33.3 Å². The van der Waals surface area contributed by atoms with E-state index in [-0.39, 0.29) is 65.1 Å². The third-order valence-electron chi connectivity index (χ3n) is 12.2. The molecule has 2 saturated heterocycles. The van der Waals surface area contributed by atoms with E-state index >= 15 is 4.39 Å². The molecular weight excluding hydrogens is 810 g/mol. The molecule has 18 nitrogen and oxygen atoms in total. The van der Waals surface area contributed by atoms with Crippen molar-refractivity contribution in [1.29, 1.82) is 0 Å². The second-order valence-corrected chi connectivity index (χ2v) is 17.9. The molecule has 3 aliphatic heterocycles. The van der Waals surface area contributed by atoms with Gasteiger partial charge in [0, 0.05) is 73.3 Å². The summed E-state index contributed by atoms with van der Waals surface area (Å²) in [5.41, 5.74) is 10.0. The molecule has 0 spiro atoms. The number of benzene rings is 2. The molecule has 3 aromatic heterocycles. The van der Waals surface area contributed by atoms with Crippen molar-refractivity contribution in [3.05, 3.63) is 71.9 Å². The molecule has 3 fully saturated rings.